The second kappa shape index (κ2) is 4.22. The zero-order chi connectivity index (χ0) is 12.7. The maximum absolute atomic E-state index is 11.9. The fourth-order valence-corrected chi connectivity index (χ4v) is 4.62. The molecule has 0 aromatic heterocycles. The van der Waals surface area contributed by atoms with Gasteiger partial charge in [0.1, 0.15) is 5.92 Å². The summed E-state index contributed by atoms with van der Waals surface area (Å²) in [4.78, 5) is 11.9. The van der Waals surface area contributed by atoms with E-state index in [9.17, 15) is 13.2 Å². The molecule has 17 heavy (non-hydrogen) atoms. The summed E-state index contributed by atoms with van der Waals surface area (Å²) >= 11 is 0. The van der Waals surface area contributed by atoms with Crippen molar-refractivity contribution in [2.45, 2.75) is 25.0 Å². The maximum atomic E-state index is 11.9. The van der Waals surface area contributed by atoms with Gasteiger partial charge in [-0.15, -0.1) is 0 Å². The van der Waals surface area contributed by atoms with Crippen molar-refractivity contribution >= 4 is 15.8 Å². The number of sulfone groups is 1. The molecule has 2 N–H and O–H groups in total. The van der Waals surface area contributed by atoms with E-state index in [2.05, 4.69) is 0 Å². The fourth-order valence-electron chi connectivity index (χ4n) is 2.66. The Hall–Kier alpha value is -0.660. The van der Waals surface area contributed by atoms with Crippen molar-refractivity contribution in [3.63, 3.8) is 0 Å². The minimum atomic E-state index is -3.13. The monoisotopic (exact) mass is 263 g/mol. The molecule has 3 atom stereocenters. The quantitative estimate of drug-likeness (QED) is 0.647. The average molecular weight is 263 g/mol. The van der Waals surface area contributed by atoms with Crippen LogP contribution in [0.15, 0.2) is 0 Å². The first-order valence-electron chi connectivity index (χ1n) is 5.67. The number of nitrogens with two attached hydrogens (primary N) is 1. The van der Waals surface area contributed by atoms with Gasteiger partial charge in [0, 0.05) is 6.04 Å². The van der Waals surface area contributed by atoms with Gasteiger partial charge >= 0.3 is 5.97 Å². The summed E-state index contributed by atoms with van der Waals surface area (Å²) in [5.41, 5.74) is 4.88. The van der Waals surface area contributed by atoms with Crippen molar-refractivity contribution in [1.29, 1.82) is 0 Å². The summed E-state index contributed by atoms with van der Waals surface area (Å²) in [7, 11) is -3.13. The molecular formula is C10H17NO5S. The first kappa shape index (κ1) is 12.8. The Morgan fingerprint density at radius 2 is 2.29 bits per heavy atom. The third kappa shape index (κ3) is 2.19. The standard InChI is InChI=1S/C10H17NO5S/c1-2-15-9(12)8-7(11)5-16-10(8)3-4-17(13,14)6-10/h7-8H,2-6,11H2,1H3. The second-order valence-corrected chi connectivity index (χ2v) is 6.80. The van der Waals surface area contributed by atoms with E-state index in [4.69, 9.17) is 15.2 Å². The minimum absolute atomic E-state index is 0.0512. The van der Waals surface area contributed by atoms with Gasteiger partial charge in [-0.2, -0.15) is 0 Å². The fraction of sp³-hybridized carbons (Fsp3) is 0.900. The van der Waals surface area contributed by atoms with Crippen LogP contribution in [0.4, 0.5) is 0 Å². The Kier molecular flexibility index (Phi) is 3.17. The largest absolute Gasteiger partial charge is 0.466 e. The van der Waals surface area contributed by atoms with Crippen LogP contribution in [0, 0.1) is 5.92 Å². The topological polar surface area (TPSA) is 95.7 Å². The molecule has 98 valence electrons. The van der Waals surface area contributed by atoms with Crippen LogP contribution in [-0.2, 0) is 24.1 Å². The highest BCUT2D eigenvalue weighted by molar-refractivity contribution is 7.91. The van der Waals surface area contributed by atoms with Gasteiger partial charge in [-0.1, -0.05) is 0 Å². The third-order valence-electron chi connectivity index (χ3n) is 3.40. The van der Waals surface area contributed by atoms with Crippen molar-refractivity contribution in [3.05, 3.63) is 0 Å². The van der Waals surface area contributed by atoms with E-state index in [0.29, 0.717) is 6.42 Å². The van der Waals surface area contributed by atoms with E-state index >= 15 is 0 Å². The zero-order valence-corrected chi connectivity index (χ0v) is 10.5. The Morgan fingerprint density at radius 1 is 1.59 bits per heavy atom. The van der Waals surface area contributed by atoms with E-state index in [1.54, 1.807) is 6.92 Å². The summed E-state index contributed by atoms with van der Waals surface area (Å²) in [6, 6.07) is -0.484. The molecule has 2 saturated heterocycles. The van der Waals surface area contributed by atoms with Gasteiger partial charge in [0.25, 0.3) is 0 Å². The summed E-state index contributed by atoms with van der Waals surface area (Å²) < 4.78 is 33.6. The zero-order valence-electron chi connectivity index (χ0n) is 9.72. The van der Waals surface area contributed by atoms with Crippen LogP contribution in [0.2, 0.25) is 0 Å². The number of carbonyl (C=O) groups excluding carboxylic acids is 1. The van der Waals surface area contributed by atoms with Gasteiger partial charge < -0.3 is 15.2 Å². The molecular weight excluding hydrogens is 246 g/mol. The highest BCUT2D eigenvalue weighted by Crippen LogP contribution is 2.41. The van der Waals surface area contributed by atoms with E-state index in [1.165, 1.54) is 0 Å². The van der Waals surface area contributed by atoms with Crippen LogP contribution in [0.3, 0.4) is 0 Å². The Balaban J connectivity index is 2.25. The third-order valence-corrected chi connectivity index (χ3v) is 5.15. The van der Waals surface area contributed by atoms with Crippen LogP contribution < -0.4 is 5.73 Å². The number of hydrogen-bond acceptors (Lipinski definition) is 6. The minimum Gasteiger partial charge on any atom is -0.466 e. The molecule has 0 saturated carbocycles. The Morgan fingerprint density at radius 3 is 2.82 bits per heavy atom. The van der Waals surface area contributed by atoms with Crippen molar-refractivity contribution in [2.24, 2.45) is 11.7 Å². The summed E-state index contributed by atoms with van der Waals surface area (Å²) in [5, 5.41) is 0. The van der Waals surface area contributed by atoms with Gasteiger partial charge in [0.15, 0.2) is 9.84 Å². The lowest BCUT2D eigenvalue weighted by Crippen LogP contribution is -2.47. The molecule has 7 heteroatoms. The number of hydrogen-bond donors (Lipinski definition) is 1. The van der Waals surface area contributed by atoms with E-state index < -0.39 is 33.4 Å². The van der Waals surface area contributed by atoms with E-state index in [-0.39, 0.29) is 24.7 Å². The molecule has 3 unspecified atom stereocenters. The highest BCUT2D eigenvalue weighted by Gasteiger charge is 2.58. The van der Waals surface area contributed by atoms with Crippen LogP contribution in [0.1, 0.15) is 13.3 Å². The predicted molar refractivity (Wildman–Crippen MR) is 60.1 cm³/mol. The SMILES string of the molecule is CCOC(=O)C1C(N)COC12CCS(=O)(=O)C2. The molecule has 0 aromatic carbocycles. The van der Waals surface area contributed by atoms with Crippen molar-refractivity contribution in [2.75, 3.05) is 24.7 Å². The van der Waals surface area contributed by atoms with Crippen molar-refractivity contribution < 1.29 is 22.7 Å². The molecule has 0 radical (unpaired) electrons. The summed E-state index contributed by atoms with van der Waals surface area (Å²) in [6.07, 6.45) is 0.326. The van der Waals surface area contributed by atoms with Gasteiger partial charge in [0.2, 0.25) is 0 Å². The smallest absolute Gasteiger partial charge is 0.313 e. The van der Waals surface area contributed by atoms with Crippen molar-refractivity contribution in [3.8, 4) is 0 Å². The van der Waals surface area contributed by atoms with E-state index in [1.807, 2.05) is 0 Å². The van der Waals surface area contributed by atoms with Crippen LogP contribution in [-0.4, -0.2) is 50.7 Å². The van der Waals surface area contributed by atoms with Gasteiger partial charge in [-0.25, -0.2) is 8.42 Å². The number of esters is 1. The lowest BCUT2D eigenvalue weighted by Gasteiger charge is -2.27. The molecule has 6 nitrogen and oxygen atoms in total. The van der Waals surface area contributed by atoms with Gasteiger partial charge in [0.05, 0.1) is 30.3 Å². The normalized spacial score (nSPS) is 39.6. The molecule has 0 amide bonds. The van der Waals surface area contributed by atoms with Crippen LogP contribution >= 0.6 is 0 Å². The number of ether oxygens (including phenoxy) is 2. The highest BCUT2D eigenvalue weighted by atomic mass is 32.2. The van der Waals surface area contributed by atoms with Crippen molar-refractivity contribution in [1.82, 2.24) is 0 Å². The van der Waals surface area contributed by atoms with Crippen LogP contribution in [0.5, 0.6) is 0 Å². The number of rotatable bonds is 2. The first-order valence-corrected chi connectivity index (χ1v) is 7.49. The van der Waals surface area contributed by atoms with Crippen LogP contribution in [0.25, 0.3) is 0 Å². The molecule has 2 aliphatic heterocycles. The molecule has 2 aliphatic rings. The lowest BCUT2D eigenvalue weighted by atomic mass is 9.84. The molecule has 0 aliphatic carbocycles. The Bertz CT molecular complexity index is 420. The number of carbonyl (C=O) groups is 1. The lowest BCUT2D eigenvalue weighted by molar-refractivity contribution is -0.153. The molecule has 0 bridgehead atoms. The first-order chi connectivity index (χ1) is 7.90. The van der Waals surface area contributed by atoms with E-state index in [0.717, 1.165) is 0 Å². The average Bonchev–Trinajstić information content (AvgIpc) is 2.69. The molecule has 1 spiro atoms. The predicted octanol–water partition coefficient (Wildman–Crippen LogP) is -0.919. The molecule has 2 rings (SSSR count). The molecule has 2 heterocycles. The summed E-state index contributed by atoms with van der Waals surface area (Å²) in [6.45, 7) is 2.17. The maximum Gasteiger partial charge on any atom is 0.313 e. The van der Waals surface area contributed by atoms with Gasteiger partial charge in [-0.3, -0.25) is 4.79 Å². The van der Waals surface area contributed by atoms with Gasteiger partial charge in [-0.05, 0) is 13.3 Å². The summed E-state index contributed by atoms with van der Waals surface area (Å²) in [5.74, 6) is -1.19. The molecule has 2 fully saturated rings. The Labute approximate surface area is 100 Å². The second-order valence-electron chi connectivity index (χ2n) is 4.61. The molecule has 0 aromatic rings.